The fourth-order valence-corrected chi connectivity index (χ4v) is 2.81. The Bertz CT molecular complexity index is 333. The normalized spacial score (nSPS) is 14.2. The van der Waals surface area contributed by atoms with Crippen molar-refractivity contribution >= 4 is 0 Å². The molecular weight excluding hydrogens is 246 g/mol. The predicted octanol–water partition coefficient (Wildman–Crippen LogP) is 4.02. The number of aliphatic hydroxyl groups excluding tert-OH is 1. The summed E-state index contributed by atoms with van der Waals surface area (Å²) in [5.41, 5.74) is 6.90. The first-order valence-electron chi connectivity index (χ1n) is 8.15. The quantitative estimate of drug-likeness (QED) is 0.600. The number of benzene rings is 1. The van der Waals surface area contributed by atoms with Crippen molar-refractivity contribution in [2.45, 2.75) is 63.7 Å². The van der Waals surface area contributed by atoms with Crippen LogP contribution in [0.2, 0.25) is 0 Å². The Morgan fingerprint density at radius 2 is 1.55 bits per heavy atom. The van der Waals surface area contributed by atoms with E-state index in [2.05, 4.69) is 19.1 Å². The molecule has 0 aromatic heterocycles. The summed E-state index contributed by atoms with van der Waals surface area (Å²) >= 11 is 0. The van der Waals surface area contributed by atoms with Crippen LogP contribution in [0.15, 0.2) is 30.3 Å². The Morgan fingerprint density at radius 3 is 2.10 bits per heavy atom. The van der Waals surface area contributed by atoms with E-state index in [-0.39, 0.29) is 12.0 Å². The Morgan fingerprint density at radius 1 is 0.950 bits per heavy atom. The van der Waals surface area contributed by atoms with Crippen molar-refractivity contribution in [2.75, 3.05) is 13.2 Å². The van der Waals surface area contributed by atoms with E-state index < -0.39 is 0 Å². The van der Waals surface area contributed by atoms with Crippen molar-refractivity contribution in [2.24, 2.45) is 5.73 Å². The molecule has 1 unspecified atom stereocenters. The van der Waals surface area contributed by atoms with E-state index in [0.29, 0.717) is 6.54 Å². The number of hydrogen-bond donors (Lipinski definition) is 2. The van der Waals surface area contributed by atoms with E-state index in [9.17, 15) is 5.11 Å². The summed E-state index contributed by atoms with van der Waals surface area (Å²) in [5.74, 6) is 0. The molecule has 114 valence electrons. The van der Waals surface area contributed by atoms with Crippen molar-refractivity contribution in [3.05, 3.63) is 35.9 Å². The highest BCUT2D eigenvalue weighted by Gasteiger charge is 2.29. The molecule has 0 aliphatic rings. The van der Waals surface area contributed by atoms with Crippen LogP contribution < -0.4 is 5.73 Å². The molecule has 2 nitrogen and oxygen atoms in total. The van der Waals surface area contributed by atoms with Crippen molar-refractivity contribution in [3.63, 3.8) is 0 Å². The SMILES string of the molecule is CCCCCCCCCC(CN)(CO)c1ccccc1. The van der Waals surface area contributed by atoms with Gasteiger partial charge in [-0.15, -0.1) is 0 Å². The van der Waals surface area contributed by atoms with Crippen LogP contribution in [0.3, 0.4) is 0 Å². The average molecular weight is 277 g/mol. The van der Waals surface area contributed by atoms with Gasteiger partial charge < -0.3 is 10.8 Å². The van der Waals surface area contributed by atoms with Gasteiger partial charge in [0, 0.05) is 12.0 Å². The largest absolute Gasteiger partial charge is 0.395 e. The number of hydrogen-bond acceptors (Lipinski definition) is 2. The van der Waals surface area contributed by atoms with E-state index in [1.165, 1.54) is 44.1 Å². The average Bonchev–Trinajstić information content (AvgIpc) is 2.52. The summed E-state index contributed by atoms with van der Waals surface area (Å²) < 4.78 is 0. The number of unbranched alkanes of at least 4 members (excludes halogenated alkanes) is 6. The molecule has 0 fully saturated rings. The monoisotopic (exact) mass is 277 g/mol. The highest BCUT2D eigenvalue weighted by Crippen LogP contribution is 2.29. The molecule has 0 bridgehead atoms. The molecule has 0 saturated carbocycles. The summed E-state index contributed by atoms with van der Waals surface area (Å²) in [6.45, 7) is 2.91. The zero-order valence-electron chi connectivity index (χ0n) is 13.0. The molecule has 0 radical (unpaired) electrons. The molecule has 0 aliphatic carbocycles. The lowest BCUT2D eigenvalue weighted by Gasteiger charge is -2.31. The van der Waals surface area contributed by atoms with Crippen LogP contribution in [0, 0.1) is 0 Å². The summed E-state index contributed by atoms with van der Waals surface area (Å²) in [7, 11) is 0. The topological polar surface area (TPSA) is 46.2 Å². The van der Waals surface area contributed by atoms with Gasteiger partial charge in [-0.2, -0.15) is 0 Å². The minimum atomic E-state index is -0.245. The minimum absolute atomic E-state index is 0.142. The third-order valence-corrected chi connectivity index (χ3v) is 4.34. The van der Waals surface area contributed by atoms with Gasteiger partial charge >= 0.3 is 0 Å². The maximum absolute atomic E-state index is 9.82. The molecular formula is C18H31NO. The van der Waals surface area contributed by atoms with Crippen molar-refractivity contribution in [3.8, 4) is 0 Å². The third kappa shape index (κ3) is 5.26. The lowest BCUT2D eigenvalue weighted by Crippen LogP contribution is -2.38. The highest BCUT2D eigenvalue weighted by molar-refractivity contribution is 5.26. The van der Waals surface area contributed by atoms with E-state index in [4.69, 9.17) is 5.73 Å². The number of aliphatic hydroxyl groups is 1. The maximum atomic E-state index is 9.82. The highest BCUT2D eigenvalue weighted by atomic mass is 16.3. The molecule has 1 atom stereocenters. The van der Waals surface area contributed by atoms with Crippen LogP contribution in [0.1, 0.15) is 63.9 Å². The summed E-state index contributed by atoms with van der Waals surface area (Å²) in [4.78, 5) is 0. The third-order valence-electron chi connectivity index (χ3n) is 4.34. The molecule has 0 heterocycles. The minimum Gasteiger partial charge on any atom is -0.395 e. The molecule has 20 heavy (non-hydrogen) atoms. The molecule has 3 N–H and O–H groups in total. The zero-order valence-corrected chi connectivity index (χ0v) is 13.0. The van der Waals surface area contributed by atoms with Crippen LogP contribution in [-0.2, 0) is 5.41 Å². The van der Waals surface area contributed by atoms with Crippen molar-refractivity contribution in [1.29, 1.82) is 0 Å². The first-order chi connectivity index (χ1) is 9.79. The molecule has 1 rings (SSSR count). The molecule has 0 saturated heterocycles. The Hall–Kier alpha value is -0.860. The Kier molecular flexibility index (Phi) is 8.56. The van der Waals surface area contributed by atoms with Crippen LogP contribution >= 0.6 is 0 Å². The number of rotatable bonds is 11. The molecule has 1 aromatic carbocycles. The maximum Gasteiger partial charge on any atom is 0.0540 e. The van der Waals surface area contributed by atoms with E-state index in [1.54, 1.807) is 0 Å². The summed E-state index contributed by atoms with van der Waals surface area (Å²) in [6, 6.07) is 10.2. The van der Waals surface area contributed by atoms with Gasteiger partial charge in [0.1, 0.15) is 0 Å². The molecule has 0 spiro atoms. The van der Waals surface area contributed by atoms with Gasteiger partial charge in [0.2, 0.25) is 0 Å². The van der Waals surface area contributed by atoms with Gasteiger partial charge in [-0.3, -0.25) is 0 Å². The fourth-order valence-electron chi connectivity index (χ4n) is 2.81. The Balaban J connectivity index is 2.40. The fraction of sp³-hybridized carbons (Fsp3) is 0.667. The van der Waals surface area contributed by atoms with Gasteiger partial charge in [-0.1, -0.05) is 82.2 Å². The number of nitrogens with two attached hydrogens (primary N) is 1. The van der Waals surface area contributed by atoms with Crippen LogP contribution in [0.4, 0.5) is 0 Å². The van der Waals surface area contributed by atoms with Crippen molar-refractivity contribution in [1.82, 2.24) is 0 Å². The molecule has 0 amide bonds. The smallest absolute Gasteiger partial charge is 0.0540 e. The summed E-state index contributed by atoms with van der Waals surface area (Å²) in [5, 5.41) is 9.82. The zero-order chi connectivity index (χ0) is 14.7. The Labute approximate surface area is 124 Å². The standard InChI is InChI=1S/C18H31NO/c1-2-3-4-5-6-7-11-14-18(15-19,16-20)17-12-9-8-10-13-17/h8-10,12-13,20H,2-7,11,14-16,19H2,1H3. The second-order valence-electron chi connectivity index (χ2n) is 5.88. The van der Waals surface area contributed by atoms with E-state index in [1.807, 2.05) is 18.2 Å². The lowest BCUT2D eigenvalue weighted by atomic mass is 9.77. The molecule has 1 aromatic rings. The van der Waals surface area contributed by atoms with Gasteiger partial charge in [0.25, 0.3) is 0 Å². The van der Waals surface area contributed by atoms with Gasteiger partial charge in [0.05, 0.1) is 6.61 Å². The predicted molar refractivity (Wildman–Crippen MR) is 86.9 cm³/mol. The van der Waals surface area contributed by atoms with E-state index >= 15 is 0 Å². The van der Waals surface area contributed by atoms with Crippen LogP contribution in [0.25, 0.3) is 0 Å². The van der Waals surface area contributed by atoms with Crippen molar-refractivity contribution < 1.29 is 5.11 Å². The van der Waals surface area contributed by atoms with Crippen LogP contribution in [-0.4, -0.2) is 18.3 Å². The summed E-state index contributed by atoms with van der Waals surface area (Å²) in [6.07, 6.45) is 10.0. The molecule has 2 heteroatoms. The van der Waals surface area contributed by atoms with Gasteiger partial charge in [-0.05, 0) is 12.0 Å². The van der Waals surface area contributed by atoms with Gasteiger partial charge in [-0.25, -0.2) is 0 Å². The first kappa shape index (κ1) is 17.2. The molecule has 0 aliphatic heterocycles. The second-order valence-corrected chi connectivity index (χ2v) is 5.88. The lowest BCUT2D eigenvalue weighted by molar-refractivity contribution is 0.184. The van der Waals surface area contributed by atoms with Gasteiger partial charge in [0.15, 0.2) is 0 Å². The second kappa shape index (κ2) is 9.95. The van der Waals surface area contributed by atoms with Crippen LogP contribution in [0.5, 0.6) is 0 Å². The first-order valence-corrected chi connectivity index (χ1v) is 8.15. The van der Waals surface area contributed by atoms with E-state index in [0.717, 1.165) is 12.8 Å².